The van der Waals surface area contributed by atoms with E-state index in [0.717, 1.165) is 6.92 Å². The predicted octanol–water partition coefficient (Wildman–Crippen LogP) is -4.54. The van der Waals surface area contributed by atoms with Crippen molar-refractivity contribution in [1.82, 2.24) is 0 Å². The molecule has 0 radical (unpaired) electrons. The van der Waals surface area contributed by atoms with Crippen molar-refractivity contribution < 1.29 is 72.2 Å². The Labute approximate surface area is 84.6 Å². The van der Waals surface area contributed by atoms with Crippen molar-refractivity contribution >= 4 is 5.97 Å². The Morgan fingerprint density at radius 3 is 1.11 bits per heavy atom. The van der Waals surface area contributed by atoms with Crippen molar-refractivity contribution in [1.29, 1.82) is 0 Å². The monoisotopic (exact) mass is 283 g/mol. The van der Waals surface area contributed by atoms with E-state index in [1.165, 1.54) is 0 Å². The number of hydrogen-bond acceptors (Lipinski definition) is 2. The zero-order valence-corrected chi connectivity index (χ0v) is 7.34. The molecule has 9 heavy (non-hydrogen) atoms. The molecule has 0 aliphatic rings. The van der Waals surface area contributed by atoms with Crippen LogP contribution in [0.15, 0.2) is 0 Å². The molecule has 0 aromatic carbocycles. The summed E-state index contributed by atoms with van der Waals surface area (Å²) in [4.78, 5) is 8.89. The molecule has 0 atom stereocenters. The van der Waals surface area contributed by atoms with Crippen molar-refractivity contribution in [2.45, 2.75) is 6.92 Å². The van der Waals surface area contributed by atoms with Gasteiger partial charge in [0.15, 0.2) is 0 Å². The van der Waals surface area contributed by atoms with Crippen molar-refractivity contribution in [3.8, 4) is 0 Å². The van der Waals surface area contributed by atoms with Crippen molar-refractivity contribution in [3.05, 3.63) is 0 Å². The standard InChI is InChI=1S/C2H4O2.4H2O.Sm/c1-2(3)4;;;;;/h1H3,(H,3,4);4*1H2;/p-1. The van der Waals surface area contributed by atoms with Crippen molar-refractivity contribution in [2.75, 3.05) is 0 Å². The average molecular weight is 281 g/mol. The number of hydrogen-bond donors (Lipinski definition) is 0. The van der Waals surface area contributed by atoms with Gasteiger partial charge in [0.25, 0.3) is 0 Å². The third-order valence-electron chi connectivity index (χ3n) is 0. The summed E-state index contributed by atoms with van der Waals surface area (Å²) in [5, 5.41) is 8.89. The first-order valence-electron chi connectivity index (χ1n) is 0.908. The number of carbonyl (C=O) groups is 1. The normalized spacial score (nSPS) is 2.78. The molecule has 0 saturated carbocycles. The first-order chi connectivity index (χ1) is 1.73. The van der Waals surface area contributed by atoms with E-state index in [1.54, 1.807) is 0 Å². The van der Waals surface area contributed by atoms with E-state index in [0.29, 0.717) is 0 Å². The maximum Gasteiger partial charge on any atom is 0.0383 e. The van der Waals surface area contributed by atoms with Crippen LogP contribution >= 0.6 is 0 Å². The summed E-state index contributed by atoms with van der Waals surface area (Å²) >= 11 is 0. The maximum atomic E-state index is 8.89. The molecule has 0 aromatic rings. The van der Waals surface area contributed by atoms with Gasteiger partial charge in [0.1, 0.15) is 0 Å². The zero-order valence-electron chi connectivity index (χ0n) is 4.72. The molecule has 0 amide bonds. The Hall–Kier alpha value is 0.648. The predicted molar refractivity (Wildman–Crippen MR) is 25.1 cm³/mol. The summed E-state index contributed by atoms with van der Waals surface area (Å²) in [6.45, 7) is 0.972. The van der Waals surface area contributed by atoms with Crippen LogP contribution in [0.4, 0.5) is 0 Å². The quantitative estimate of drug-likeness (QED) is 0.436. The Kier molecular flexibility index (Phi) is 229. The molecule has 0 unspecified atom stereocenters. The van der Waals surface area contributed by atoms with Gasteiger partial charge in [-0.05, 0) is 6.92 Å². The van der Waals surface area contributed by atoms with Gasteiger partial charge >= 0.3 is 0 Å². The molecule has 0 fully saturated rings. The second-order valence-electron chi connectivity index (χ2n) is 0.492. The summed E-state index contributed by atoms with van der Waals surface area (Å²) in [5.74, 6) is -1.08. The van der Waals surface area contributed by atoms with Gasteiger partial charge in [-0.25, -0.2) is 0 Å². The molecule has 7 heteroatoms. The molecule has 0 saturated heterocycles. The Morgan fingerprint density at radius 1 is 1.11 bits per heavy atom. The number of carboxylic acid groups (broad SMARTS) is 1. The van der Waals surface area contributed by atoms with Gasteiger partial charge in [-0.1, -0.05) is 0 Å². The van der Waals surface area contributed by atoms with Gasteiger partial charge in [-0.2, -0.15) is 0 Å². The molecule has 0 aromatic heterocycles. The molecule has 8 N–H and O–H groups in total. The summed E-state index contributed by atoms with van der Waals surface area (Å²) in [6, 6.07) is 0. The fourth-order valence-corrected chi connectivity index (χ4v) is 0. The Morgan fingerprint density at radius 2 is 1.11 bits per heavy atom. The van der Waals surface area contributed by atoms with Crippen LogP contribution < -0.4 is 5.11 Å². The van der Waals surface area contributed by atoms with Crippen LogP contribution in [-0.2, 0) is 4.79 Å². The molecular weight excluding hydrogens is 270 g/mol. The Balaban J connectivity index is -0.00000000450. The molecule has 62 valence electrons. The van der Waals surface area contributed by atoms with E-state index in [1.807, 2.05) is 0 Å². The molecule has 0 aliphatic heterocycles. The van der Waals surface area contributed by atoms with E-state index >= 15 is 0 Å². The molecule has 0 bridgehead atoms. The summed E-state index contributed by atoms with van der Waals surface area (Å²) < 4.78 is 0. The minimum Gasteiger partial charge on any atom is -0.550 e. The first kappa shape index (κ1) is 54.2. The zero-order chi connectivity index (χ0) is 3.58. The minimum absolute atomic E-state index is 0. The van der Waals surface area contributed by atoms with Gasteiger partial charge in [0.05, 0.1) is 0 Å². The molecule has 0 spiro atoms. The number of carbonyl (C=O) groups excluding carboxylic acids is 1. The van der Waals surface area contributed by atoms with Crippen molar-refractivity contribution in [2.24, 2.45) is 0 Å². The minimum atomic E-state index is -1.08. The number of aliphatic carboxylic acids is 1. The van der Waals surface area contributed by atoms with Crippen LogP contribution in [0.5, 0.6) is 0 Å². The molecule has 6 nitrogen and oxygen atoms in total. The van der Waals surface area contributed by atoms with Crippen LogP contribution in [0.3, 0.4) is 0 Å². The SMILES string of the molecule is CC(=O)[O-].O.O.O.O.[Sm]. The number of carboxylic acids is 1. The molecular formula is C2H11O6Sm-. The van der Waals surface area contributed by atoms with Gasteiger partial charge in [-0.3, -0.25) is 0 Å². The van der Waals surface area contributed by atoms with Crippen LogP contribution in [0.25, 0.3) is 0 Å². The van der Waals surface area contributed by atoms with Crippen LogP contribution in [0.2, 0.25) is 0 Å². The molecule has 0 aliphatic carbocycles. The van der Waals surface area contributed by atoms with E-state index in [-0.39, 0.29) is 62.3 Å². The topological polar surface area (TPSA) is 166 Å². The second-order valence-corrected chi connectivity index (χ2v) is 0.492. The molecule has 0 heterocycles. The van der Waals surface area contributed by atoms with Crippen molar-refractivity contribution in [3.63, 3.8) is 0 Å². The van der Waals surface area contributed by atoms with Gasteiger partial charge in [0, 0.05) is 46.4 Å². The fourth-order valence-electron chi connectivity index (χ4n) is 0. The van der Waals surface area contributed by atoms with Gasteiger partial charge in [0.2, 0.25) is 0 Å². The second kappa shape index (κ2) is 38.0. The van der Waals surface area contributed by atoms with Gasteiger partial charge < -0.3 is 31.8 Å². The van der Waals surface area contributed by atoms with E-state index in [9.17, 15) is 0 Å². The fraction of sp³-hybridized carbons (Fsp3) is 0.500. The van der Waals surface area contributed by atoms with E-state index < -0.39 is 5.97 Å². The third kappa shape index (κ3) is 911. The summed E-state index contributed by atoms with van der Waals surface area (Å²) in [7, 11) is 0. The smallest absolute Gasteiger partial charge is 0.0383 e. The van der Waals surface area contributed by atoms with Crippen LogP contribution in [0.1, 0.15) is 6.92 Å². The maximum absolute atomic E-state index is 8.89. The summed E-state index contributed by atoms with van der Waals surface area (Å²) in [5.41, 5.74) is 0. The third-order valence-corrected chi connectivity index (χ3v) is 0. The van der Waals surface area contributed by atoms with Crippen LogP contribution in [-0.4, -0.2) is 27.9 Å². The average Bonchev–Trinajstić information content (AvgIpc) is 0.811. The Bertz CT molecular complexity index is 34.0. The van der Waals surface area contributed by atoms with E-state index in [4.69, 9.17) is 9.90 Å². The number of rotatable bonds is 0. The van der Waals surface area contributed by atoms with E-state index in [2.05, 4.69) is 0 Å². The van der Waals surface area contributed by atoms with Gasteiger partial charge in [-0.15, -0.1) is 0 Å². The summed E-state index contributed by atoms with van der Waals surface area (Å²) in [6.07, 6.45) is 0. The van der Waals surface area contributed by atoms with Crippen LogP contribution in [0, 0.1) is 40.4 Å². The first-order valence-corrected chi connectivity index (χ1v) is 0.908. The largest absolute Gasteiger partial charge is 0.550 e. The molecule has 0 rings (SSSR count).